The lowest BCUT2D eigenvalue weighted by Crippen LogP contribution is -2.25. The van der Waals surface area contributed by atoms with Crippen LogP contribution in [0.2, 0.25) is 0 Å². The van der Waals surface area contributed by atoms with E-state index >= 15 is 0 Å². The summed E-state index contributed by atoms with van der Waals surface area (Å²) in [6.07, 6.45) is 7.61. The average Bonchev–Trinajstić information content (AvgIpc) is 2.52. The van der Waals surface area contributed by atoms with E-state index in [9.17, 15) is 0 Å². The predicted molar refractivity (Wildman–Crippen MR) is 45.4 cm³/mol. The third-order valence-corrected chi connectivity index (χ3v) is 4.10. The first-order chi connectivity index (χ1) is 5.45. The normalized spacial score (nSPS) is 49.6. The highest BCUT2D eigenvalue weighted by Crippen LogP contribution is 2.45. The molecule has 0 aromatic carbocycles. The second kappa shape index (κ2) is 2.22. The molecule has 2 heterocycles. The topological polar surface area (TPSA) is 3.24 Å². The van der Waals surface area contributed by atoms with Crippen LogP contribution in [-0.2, 0) is 0 Å². The standard InChI is InChI=1S/C10H17N/c1-3-8-7-11-6-2-5-10(11)9(8)4-1/h8-10H,1-7H2. The molecular formula is C10H17N. The van der Waals surface area contributed by atoms with E-state index in [1.54, 1.807) is 6.42 Å². The molecule has 3 unspecified atom stereocenters. The molecule has 62 valence electrons. The maximum Gasteiger partial charge on any atom is 0.0127 e. The number of rotatable bonds is 0. The molecule has 3 fully saturated rings. The molecule has 2 aliphatic heterocycles. The van der Waals surface area contributed by atoms with Crippen molar-refractivity contribution in [2.75, 3.05) is 13.1 Å². The molecule has 1 heteroatoms. The van der Waals surface area contributed by atoms with Gasteiger partial charge in [-0.2, -0.15) is 0 Å². The number of fused-ring (bicyclic) bond motifs is 3. The third kappa shape index (κ3) is 0.807. The minimum Gasteiger partial charge on any atom is -0.300 e. The third-order valence-electron chi connectivity index (χ3n) is 4.10. The van der Waals surface area contributed by atoms with Crippen LogP contribution < -0.4 is 0 Å². The van der Waals surface area contributed by atoms with Crippen LogP contribution in [0.15, 0.2) is 0 Å². The van der Waals surface area contributed by atoms with Crippen LogP contribution in [0.5, 0.6) is 0 Å². The van der Waals surface area contributed by atoms with Gasteiger partial charge in [0.2, 0.25) is 0 Å². The molecule has 1 nitrogen and oxygen atoms in total. The van der Waals surface area contributed by atoms with Gasteiger partial charge in [-0.05, 0) is 44.1 Å². The molecule has 0 bridgehead atoms. The summed E-state index contributed by atoms with van der Waals surface area (Å²) in [6, 6.07) is 1.03. The molecule has 0 amide bonds. The zero-order chi connectivity index (χ0) is 7.26. The van der Waals surface area contributed by atoms with Gasteiger partial charge < -0.3 is 0 Å². The number of hydrogen-bond acceptors (Lipinski definition) is 1. The minimum atomic E-state index is 1.03. The van der Waals surface area contributed by atoms with Crippen LogP contribution in [0.25, 0.3) is 0 Å². The van der Waals surface area contributed by atoms with E-state index in [0.29, 0.717) is 0 Å². The Morgan fingerprint density at radius 2 is 2.00 bits per heavy atom. The van der Waals surface area contributed by atoms with Gasteiger partial charge in [0.15, 0.2) is 0 Å². The smallest absolute Gasteiger partial charge is 0.0127 e. The van der Waals surface area contributed by atoms with Gasteiger partial charge in [0.05, 0.1) is 0 Å². The van der Waals surface area contributed by atoms with Crippen molar-refractivity contribution in [3.05, 3.63) is 0 Å². The van der Waals surface area contributed by atoms with E-state index in [0.717, 1.165) is 17.9 Å². The average molecular weight is 151 g/mol. The maximum atomic E-state index is 2.76. The van der Waals surface area contributed by atoms with E-state index in [2.05, 4.69) is 4.90 Å². The molecule has 3 atom stereocenters. The Balaban J connectivity index is 1.84. The van der Waals surface area contributed by atoms with Gasteiger partial charge in [-0.25, -0.2) is 0 Å². The van der Waals surface area contributed by atoms with E-state index in [1.165, 1.54) is 38.8 Å². The van der Waals surface area contributed by atoms with Crippen molar-refractivity contribution in [3.63, 3.8) is 0 Å². The molecule has 2 saturated heterocycles. The van der Waals surface area contributed by atoms with Crippen molar-refractivity contribution in [2.45, 2.75) is 38.1 Å². The summed E-state index contributed by atoms with van der Waals surface area (Å²) in [5, 5.41) is 0. The highest BCUT2D eigenvalue weighted by molar-refractivity contribution is 4.98. The molecule has 0 spiro atoms. The minimum absolute atomic E-state index is 1.03. The molecule has 0 radical (unpaired) electrons. The molecule has 3 rings (SSSR count). The summed E-state index contributed by atoms with van der Waals surface area (Å²) in [5.74, 6) is 2.23. The Hall–Kier alpha value is -0.0400. The van der Waals surface area contributed by atoms with Crippen LogP contribution in [0, 0.1) is 11.8 Å². The molecule has 3 aliphatic rings. The second-order valence-corrected chi connectivity index (χ2v) is 4.56. The van der Waals surface area contributed by atoms with Crippen LogP contribution >= 0.6 is 0 Å². The van der Waals surface area contributed by atoms with Crippen molar-refractivity contribution >= 4 is 0 Å². The van der Waals surface area contributed by atoms with E-state index in [1.807, 2.05) is 0 Å². The second-order valence-electron chi connectivity index (χ2n) is 4.56. The Bertz CT molecular complexity index is 148. The maximum absolute atomic E-state index is 2.76. The summed E-state index contributed by atoms with van der Waals surface area (Å²) in [5.41, 5.74) is 0. The lowest BCUT2D eigenvalue weighted by molar-refractivity contribution is 0.285. The highest BCUT2D eigenvalue weighted by atomic mass is 15.2. The molecule has 1 saturated carbocycles. The fourth-order valence-corrected chi connectivity index (χ4v) is 3.66. The lowest BCUT2D eigenvalue weighted by atomic mass is 9.92. The molecule has 0 N–H and O–H groups in total. The first-order valence-corrected chi connectivity index (χ1v) is 5.19. The number of hydrogen-bond donors (Lipinski definition) is 0. The lowest BCUT2D eigenvalue weighted by Gasteiger charge is -2.18. The van der Waals surface area contributed by atoms with Gasteiger partial charge in [-0.15, -0.1) is 0 Å². The van der Waals surface area contributed by atoms with Crippen molar-refractivity contribution in [3.8, 4) is 0 Å². The monoisotopic (exact) mass is 151 g/mol. The van der Waals surface area contributed by atoms with Gasteiger partial charge in [0.25, 0.3) is 0 Å². The zero-order valence-corrected chi connectivity index (χ0v) is 7.13. The van der Waals surface area contributed by atoms with Crippen molar-refractivity contribution < 1.29 is 0 Å². The SMILES string of the molecule is C1CC2CN3CCCC3C2C1. The molecular weight excluding hydrogens is 134 g/mol. The van der Waals surface area contributed by atoms with Crippen LogP contribution in [-0.4, -0.2) is 24.0 Å². The van der Waals surface area contributed by atoms with Crippen molar-refractivity contribution in [1.82, 2.24) is 4.90 Å². The van der Waals surface area contributed by atoms with Gasteiger partial charge in [0.1, 0.15) is 0 Å². The Labute approximate surface area is 68.8 Å². The summed E-state index contributed by atoms with van der Waals surface area (Å²) in [6.45, 7) is 2.87. The Kier molecular flexibility index (Phi) is 1.31. The predicted octanol–water partition coefficient (Wildman–Crippen LogP) is 1.88. The largest absolute Gasteiger partial charge is 0.300 e. The molecule has 11 heavy (non-hydrogen) atoms. The molecule has 0 aromatic rings. The number of nitrogens with zero attached hydrogens (tertiary/aromatic N) is 1. The van der Waals surface area contributed by atoms with Crippen LogP contribution in [0.1, 0.15) is 32.1 Å². The fourth-order valence-electron chi connectivity index (χ4n) is 3.66. The summed E-state index contributed by atoms with van der Waals surface area (Å²) in [4.78, 5) is 2.76. The van der Waals surface area contributed by atoms with E-state index in [4.69, 9.17) is 0 Å². The van der Waals surface area contributed by atoms with Crippen molar-refractivity contribution in [1.29, 1.82) is 0 Å². The first kappa shape index (κ1) is 6.47. The van der Waals surface area contributed by atoms with Crippen LogP contribution in [0.4, 0.5) is 0 Å². The van der Waals surface area contributed by atoms with Gasteiger partial charge in [0, 0.05) is 12.6 Å². The van der Waals surface area contributed by atoms with Gasteiger partial charge in [-0.3, -0.25) is 4.90 Å². The summed E-state index contributed by atoms with van der Waals surface area (Å²) >= 11 is 0. The quantitative estimate of drug-likeness (QED) is 0.511. The Morgan fingerprint density at radius 3 is 3.00 bits per heavy atom. The summed E-state index contributed by atoms with van der Waals surface area (Å²) < 4.78 is 0. The highest BCUT2D eigenvalue weighted by Gasteiger charge is 2.45. The van der Waals surface area contributed by atoms with Crippen LogP contribution in [0.3, 0.4) is 0 Å². The molecule has 0 aromatic heterocycles. The van der Waals surface area contributed by atoms with E-state index in [-0.39, 0.29) is 0 Å². The Morgan fingerprint density at radius 1 is 1.00 bits per heavy atom. The zero-order valence-electron chi connectivity index (χ0n) is 7.13. The van der Waals surface area contributed by atoms with E-state index < -0.39 is 0 Å². The van der Waals surface area contributed by atoms with Gasteiger partial charge >= 0.3 is 0 Å². The first-order valence-electron chi connectivity index (χ1n) is 5.19. The van der Waals surface area contributed by atoms with Crippen molar-refractivity contribution in [2.24, 2.45) is 11.8 Å². The molecule has 1 aliphatic carbocycles. The fraction of sp³-hybridized carbons (Fsp3) is 1.00. The summed E-state index contributed by atoms with van der Waals surface area (Å²) in [7, 11) is 0. The van der Waals surface area contributed by atoms with Gasteiger partial charge in [-0.1, -0.05) is 6.42 Å².